The lowest BCUT2D eigenvalue weighted by molar-refractivity contribution is 0.0332. The van der Waals surface area contributed by atoms with Gasteiger partial charge in [0.1, 0.15) is 10.6 Å². The quantitative estimate of drug-likeness (QED) is 0.420. The van der Waals surface area contributed by atoms with E-state index in [0.29, 0.717) is 17.2 Å². The summed E-state index contributed by atoms with van der Waals surface area (Å²) >= 11 is 1.62. The summed E-state index contributed by atoms with van der Waals surface area (Å²) in [6.45, 7) is 8.03. The summed E-state index contributed by atoms with van der Waals surface area (Å²) in [4.78, 5) is 26.8. The lowest BCUT2D eigenvalue weighted by Gasteiger charge is -2.31. The molecule has 180 valence electrons. The summed E-state index contributed by atoms with van der Waals surface area (Å²) in [5, 5.41) is 4.16. The number of aromatic nitrogens is 2. The van der Waals surface area contributed by atoms with Crippen LogP contribution < -0.4 is 11.1 Å². The first-order valence-corrected chi connectivity index (χ1v) is 12.6. The van der Waals surface area contributed by atoms with Gasteiger partial charge in [0.25, 0.3) is 5.91 Å². The van der Waals surface area contributed by atoms with Crippen LogP contribution in [0.3, 0.4) is 0 Å². The molecule has 1 aliphatic rings. The van der Waals surface area contributed by atoms with Crippen molar-refractivity contribution in [3.05, 3.63) is 76.2 Å². The number of ether oxygens (including phenoxy) is 1. The number of benzene rings is 2. The Morgan fingerprint density at radius 2 is 1.80 bits per heavy atom. The minimum absolute atomic E-state index is 0.112. The van der Waals surface area contributed by atoms with Crippen LogP contribution in [0.1, 0.15) is 32.4 Å². The van der Waals surface area contributed by atoms with Gasteiger partial charge in [-0.25, -0.2) is 9.97 Å². The number of hydrogen-bond acceptors (Lipinski definition) is 7. The maximum absolute atomic E-state index is 13.2. The number of nitrogens with two attached hydrogens (primary N) is 1. The van der Waals surface area contributed by atoms with Gasteiger partial charge in [-0.1, -0.05) is 42.5 Å². The molecule has 8 heteroatoms. The molecule has 35 heavy (non-hydrogen) atoms. The van der Waals surface area contributed by atoms with E-state index in [1.165, 1.54) is 4.88 Å². The first-order chi connectivity index (χ1) is 17.0. The van der Waals surface area contributed by atoms with Crippen molar-refractivity contribution in [2.24, 2.45) is 0 Å². The number of morpholine rings is 1. The summed E-state index contributed by atoms with van der Waals surface area (Å²) in [5.74, 6) is 0.944. The van der Waals surface area contributed by atoms with Gasteiger partial charge in [0.15, 0.2) is 5.82 Å². The van der Waals surface area contributed by atoms with Crippen molar-refractivity contribution < 1.29 is 9.53 Å². The maximum atomic E-state index is 13.2. The first-order valence-electron chi connectivity index (χ1n) is 11.8. The first kappa shape index (κ1) is 23.4. The van der Waals surface area contributed by atoms with Gasteiger partial charge in [-0.3, -0.25) is 9.69 Å². The summed E-state index contributed by atoms with van der Waals surface area (Å²) < 4.78 is 5.48. The highest BCUT2D eigenvalue weighted by Crippen LogP contribution is 2.33. The Bertz CT molecular complexity index is 1330. The molecule has 0 aliphatic carbocycles. The van der Waals surface area contributed by atoms with Gasteiger partial charge >= 0.3 is 0 Å². The van der Waals surface area contributed by atoms with E-state index in [4.69, 9.17) is 15.5 Å². The zero-order chi connectivity index (χ0) is 24.4. The molecule has 0 saturated carbocycles. The summed E-state index contributed by atoms with van der Waals surface area (Å²) in [6, 6.07) is 17.4. The molecule has 1 amide bonds. The molecule has 5 rings (SSSR count). The van der Waals surface area contributed by atoms with E-state index in [2.05, 4.69) is 34.3 Å². The molecule has 0 radical (unpaired) electrons. The second-order valence-corrected chi connectivity index (χ2v) is 10.0. The average molecular weight is 488 g/mol. The van der Waals surface area contributed by atoms with Crippen molar-refractivity contribution in [3.8, 4) is 11.4 Å². The van der Waals surface area contributed by atoms with Crippen molar-refractivity contribution in [2.45, 2.75) is 19.9 Å². The van der Waals surface area contributed by atoms with E-state index >= 15 is 0 Å². The zero-order valence-electron chi connectivity index (χ0n) is 20.0. The van der Waals surface area contributed by atoms with Crippen molar-refractivity contribution in [2.75, 3.05) is 38.6 Å². The topological polar surface area (TPSA) is 93.4 Å². The Kier molecular flexibility index (Phi) is 6.77. The van der Waals surface area contributed by atoms with E-state index in [0.717, 1.165) is 59.8 Å². The molecule has 2 aromatic heterocycles. The molecular weight excluding hydrogens is 458 g/mol. The summed E-state index contributed by atoms with van der Waals surface area (Å²) in [7, 11) is 0. The molecule has 3 heterocycles. The predicted octanol–water partition coefficient (Wildman–Crippen LogP) is 4.36. The molecule has 3 N–H and O–H groups in total. The summed E-state index contributed by atoms with van der Waals surface area (Å²) in [5.41, 5.74) is 9.89. The van der Waals surface area contributed by atoms with Crippen LogP contribution in [0.4, 0.5) is 5.82 Å². The second-order valence-electron chi connectivity index (χ2n) is 8.82. The molecule has 0 unspecified atom stereocenters. The van der Waals surface area contributed by atoms with Crippen LogP contribution in [0.5, 0.6) is 0 Å². The van der Waals surface area contributed by atoms with Crippen molar-refractivity contribution in [3.63, 3.8) is 0 Å². The highest BCUT2D eigenvalue weighted by molar-refractivity contribution is 7.18. The number of nitrogen functional groups attached to an aromatic ring is 1. The number of carbonyl (C=O) groups excluding carboxylic acids is 1. The summed E-state index contributed by atoms with van der Waals surface area (Å²) in [6.07, 6.45) is 0. The van der Waals surface area contributed by atoms with Crippen LogP contribution >= 0.6 is 11.3 Å². The van der Waals surface area contributed by atoms with Crippen LogP contribution in [0.2, 0.25) is 0 Å². The fraction of sp³-hybridized carbons (Fsp3) is 0.296. The standard InChI is InChI=1S/C27H29N5O2S/c1-17-18(2)35-27-23(17)24(28)30-25(31-27)20-8-10-21(11-9-20)26(33)29-22(19-6-4-3-5-7-19)16-32-12-14-34-15-13-32/h3-11,22H,12-16H2,1-2H3,(H,29,33)(H2,28,30,31)/t22-/m0/s1. The molecule has 2 aromatic carbocycles. The molecule has 4 aromatic rings. The monoisotopic (exact) mass is 487 g/mol. The molecule has 7 nitrogen and oxygen atoms in total. The van der Waals surface area contributed by atoms with Crippen LogP contribution in [0, 0.1) is 13.8 Å². The van der Waals surface area contributed by atoms with Gasteiger partial charge in [0, 0.05) is 35.6 Å². The Labute approximate surface area is 209 Å². The molecule has 1 fully saturated rings. The van der Waals surface area contributed by atoms with Gasteiger partial charge in [-0.2, -0.15) is 0 Å². The SMILES string of the molecule is Cc1sc2nc(-c3ccc(C(=O)N[C@@H](CN4CCOCC4)c4ccccc4)cc3)nc(N)c2c1C. The minimum atomic E-state index is -0.114. The normalized spacial score (nSPS) is 15.3. The van der Waals surface area contributed by atoms with E-state index < -0.39 is 0 Å². The number of amides is 1. The number of anilines is 1. The van der Waals surface area contributed by atoms with Crippen molar-refractivity contribution >= 4 is 33.3 Å². The Morgan fingerprint density at radius 1 is 1.09 bits per heavy atom. The third kappa shape index (κ3) is 5.05. The third-order valence-electron chi connectivity index (χ3n) is 6.51. The molecule has 0 bridgehead atoms. The highest BCUT2D eigenvalue weighted by Gasteiger charge is 2.21. The number of carbonyl (C=O) groups is 1. The van der Waals surface area contributed by atoms with Crippen LogP contribution in [0.15, 0.2) is 54.6 Å². The van der Waals surface area contributed by atoms with Crippen molar-refractivity contribution in [1.29, 1.82) is 0 Å². The van der Waals surface area contributed by atoms with E-state index in [9.17, 15) is 4.79 Å². The number of fused-ring (bicyclic) bond motifs is 1. The number of hydrogen-bond donors (Lipinski definition) is 2. The van der Waals surface area contributed by atoms with Crippen LogP contribution in [0.25, 0.3) is 21.6 Å². The molecule has 1 atom stereocenters. The minimum Gasteiger partial charge on any atom is -0.383 e. The third-order valence-corrected chi connectivity index (χ3v) is 7.61. The fourth-order valence-electron chi connectivity index (χ4n) is 4.38. The average Bonchev–Trinajstić information content (AvgIpc) is 3.18. The van der Waals surface area contributed by atoms with Crippen LogP contribution in [-0.2, 0) is 4.74 Å². The number of nitrogens with zero attached hydrogens (tertiary/aromatic N) is 3. The van der Waals surface area contributed by atoms with Gasteiger partial charge in [-0.05, 0) is 37.1 Å². The maximum Gasteiger partial charge on any atom is 0.251 e. The van der Waals surface area contributed by atoms with E-state index in [1.807, 2.05) is 49.4 Å². The largest absolute Gasteiger partial charge is 0.383 e. The molecule has 0 spiro atoms. The molecule has 1 saturated heterocycles. The Morgan fingerprint density at radius 3 is 2.51 bits per heavy atom. The highest BCUT2D eigenvalue weighted by atomic mass is 32.1. The fourth-order valence-corrected chi connectivity index (χ4v) is 5.42. The number of nitrogens with one attached hydrogen (secondary N) is 1. The number of thiophene rings is 1. The van der Waals surface area contributed by atoms with Gasteiger partial charge in [-0.15, -0.1) is 11.3 Å². The lowest BCUT2D eigenvalue weighted by Crippen LogP contribution is -2.43. The van der Waals surface area contributed by atoms with Crippen LogP contribution in [-0.4, -0.2) is 53.6 Å². The van der Waals surface area contributed by atoms with Crippen molar-refractivity contribution in [1.82, 2.24) is 20.2 Å². The van der Waals surface area contributed by atoms with Gasteiger partial charge in [0.2, 0.25) is 0 Å². The van der Waals surface area contributed by atoms with E-state index in [-0.39, 0.29) is 11.9 Å². The number of aryl methyl sites for hydroxylation is 2. The Hall–Kier alpha value is -3.33. The van der Waals surface area contributed by atoms with Gasteiger partial charge in [0.05, 0.1) is 24.6 Å². The zero-order valence-corrected chi connectivity index (χ0v) is 20.8. The smallest absolute Gasteiger partial charge is 0.251 e. The van der Waals surface area contributed by atoms with E-state index in [1.54, 1.807) is 11.3 Å². The second kappa shape index (κ2) is 10.1. The predicted molar refractivity (Wildman–Crippen MR) is 141 cm³/mol. The molecule has 1 aliphatic heterocycles. The number of rotatable bonds is 6. The van der Waals surface area contributed by atoms with Gasteiger partial charge < -0.3 is 15.8 Å². The molecular formula is C27H29N5O2S. The lowest BCUT2D eigenvalue weighted by atomic mass is 10.0. The Balaban J connectivity index is 1.35.